The van der Waals surface area contributed by atoms with Gasteiger partial charge in [0.05, 0.1) is 6.61 Å². The molecule has 0 unspecified atom stereocenters. The van der Waals surface area contributed by atoms with Crippen molar-refractivity contribution in [3.63, 3.8) is 0 Å². The van der Waals surface area contributed by atoms with Gasteiger partial charge in [-0.15, -0.1) is 0 Å². The number of Topliss-reactive ketones (excluding diaryl/α,β-unsaturated/α-hetero) is 1. The van der Waals surface area contributed by atoms with E-state index in [-0.39, 0.29) is 41.1 Å². The third-order valence-corrected chi connectivity index (χ3v) is 2.49. The minimum atomic E-state index is -0.599. The maximum absolute atomic E-state index is 12.0. The molecule has 0 amide bonds. The number of ketones is 1. The first-order chi connectivity index (χ1) is 9.36. The number of phenols is 2. The third kappa shape index (κ3) is 3.88. The first-order valence-corrected chi connectivity index (χ1v) is 6.25. The second-order valence-corrected chi connectivity index (χ2v) is 4.45. The summed E-state index contributed by atoms with van der Waals surface area (Å²) in [4.78, 5) is 23.3. The summed E-state index contributed by atoms with van der Waals surface area (Å²) >= 11 is 0. The van der Waals surface area contributed by atoms with Crippen LogP contribution in [0.15, 0.2) is 12.1 Å². The molecule has 2 N–H and O–H groups in total. The summed E-state index contributed by atoms with van der Waals surface area (Å²) in [6.45, 7) is 4.81. The zero-order valence-electron chi connectivity index (χ0n) is 11.7. The third-order valence-electron chi connectivity index (χ3n) is 2.49. The van der Waals surface area contributed by atoms with E-state index < -0.39 is 12.6 Å². The molecule has 1 aromatic rings. The summed E-state index contributed by atoms with van der Waals surface area (Å²) in [6, 6.07) is 2.22. The molecule has 110 valence electrons. The van der Waals surface area contributed by atoms with Gasteiger partial charge in [-0.3, -0.25) is 4.79 Å². The van der Waals surface area contributed by atoms with E-state index in [1.165, 1.54) is 6.07 Å². The minimum Gasteiger partial charge on any atom is -0.508 e. The van der Waals surface area contributed by atoms with E-state index in [0.29, 0.717) is 0 Å². The van der Waals surface area contributed by atoms with Gasteiger partial charge >= 0.3 is 5.97 Å². The van der Waals surface area contributed by atoms with Crippen LogP contribution in [0.2, 0.25) is 0 Å². The fraction of sp³-hybridized carbons (Fsp3) is 0.429. The number of carbonyl (C=O) groups excluding carboxylic acids is 2. The zero-order valence-corrected chi connectivity index (χ0v) is 11.7. The van der Waals surface area contributed by atoms with Gasteiger partial charge in [-0.1, -0.05) is 13.8 Å². The number of benzene rings is 1. The monoisotopic (exact) mass is 282 g/mol. The smallest absolute Gasteiger partial charge is 0.344 e. The maximum atomic E-state index is 12.0. The van der Waals surface area contributed by atoms with Crippen molar-refractivity contribution in [1.82, 2.24) is 0 Å². The number of ether oxygens (including phenoxy) is 2. The van der Waals surface area contributed by atoms with Gasteiger partial charge in [0.1, 0.15) is 22.8 Å². The molecule has 6 nitrogen and oxygen atoms in total. The number of rotatable bonds is 6. The largest absolute Gasteiger partial charge is 0.508 e. The topological polar surface area (TPSA) is 93.1 Å². The molecule has 1 rings (SSSR count). The van der Waals surface area contributed by atoms with Crippen LogP contribution in [0.25, 0.3) is 0 Å². The van der Waals surface area contributed by atoms with E-state index in [0.717, 1.165) is 6.07 Å². The van der Waals surface area contributed by atoms with Crippen molar-refractivity contribution in [3.8, 4) is 17.2 Å². The van der Waals surface area contributed by atoms with E-state index in [2.05, 4.69) is 0 Å². The highest BCUT2D eigenvalue weighted by molar-refractivity contribution is 6.02. The minimum absolute atomic E-state index is 0.0470. The van der Waals surface area contributed by atoms with Crippen LogP contribution in [0.4, 0.5) is 0 Å². The second-order valence-electron chi connectivity index (χ2n) is 4.45. The summed E-state index contributed by atoms with van der Waals surface area (Å²) in [5, 5.41) is 19.2. The van der Waals surface area contributed by atoms with Gasteiger partial charge in [-0.2, -0.15) is 0 Å². The molecular formula is C14H18O6. The Morgan fingerprint density at radius 3 is 2.45 bits per heavy atom. The van der Waals surface area contributed by atoms with E-state index in [1.54, 1.807) is 20.8 Å². The zero-order chi connectivity index (χ0) is 15.3. The highest BCUT2D eigenvalue weighted by Gasteiger charge is 2.22. The van der Waals surface area contributed by atoms with Crippen molar-refractivity contribution in [2.75, 3.05) is 13.2 Å². The highest BCUT2D eigenvalue weighted by Crippen LogP contribution is 2.34. The molecule has 6 heteroatoms. The Balaban J connectivity index is 3.04. The number of hydrogen-bond donors (Lipinski definition) is 2. The standard InChI is InChI=1S/C14H18O6/c1-4-19-12(17)7-20-11-6-9(15)5-10(16)13(11)14(18)8(2)3/h5-6,8,15-16H,4,7H2,1-3H3. The molecule has 20 heavy (non-hydrogen) atoms. The Kier molecular flexibility index (Phi) is 5.37. The first-order valence-electron chi connectivity index (χ1n) is 6.25. The molecule has 0 radical (unpaired) electrons. The van der Waals surface area contributed by atoms with Crippen LogP contribution in [-0.4, -0.2) is 35.2 Å². The molecule has 0 heterocycles. The predicted octanol–water partition coefficient (Wildman–Crippen LogP) is 1.88. The fourth-order valence-electron chi connectivity index (χ4n) is 1.58. The normalized spacial score (nSPS) is 10.4. The molecule has 0 aliphatic heterocycles. The summed E-state index contributed by atoms with van der Waals surface area (Å²) in [7, 11) is 0. The molecule has 0 saturated carbocycles. The van der Waals surface area contributed by atoms with E-state index in [1.807, 2.05) is 0 Å². The van der Waals surface area contributed by atoms with Gasteiger partial charge in [0, 0.05) is 18.1 Å². The first kappa shape index (κ1) is 15.8. The van der Waals surface area contributed by atoms with Crippen LogP contribution in [0.3, 0.4) is 0 Å². The quantitative estimate of drug-likeness (QED) is 0.611. The van der Waals surface area contributed by atoms with Crippen LogP contribution in [0.5, 0.6) is 17.2 Å². The maximum Gasteiger partial charge on any atom is 0.344 e. The van der Waals surface area contributed by atoms with Crippen LogP contribution in [0, 0.1) is 5.92 Å². The lowest BCUT2D eigenvalue weighted by Gasteiger charge is -2.14. The Bertz CT molecular complexity index is 507. The van der Waals surface area contributed by atoms with Crippen molar-refractivity contribution >= 4 is 11.8 Å². The second kappa shape index (κ2) is 6.79. The Morgan fingerprint density at radius 2 is 1.90 bits per heavy atom. The molecule has 0 spiro atoms. The van der Waals surface area contributed by atoms with Gasteiger partial charge in [0.15, 0.2) is 12.4 Å². The average Bonchev–Trinajstić information content (AvgIpc) is 2.35. The van der Waals surface area contributed by atoms with Crippen LogP contribution < -0.4 is 4.74 Å². The van der Waals surface area contributed by atoms with E-state index in [4.69, 9.17) is 9.47 Å². The van der Waals surface area contributed by atoms with Gasteiger partial charge in [0.25, 0.3) is 0 Å². The van der Waals surface area contributed by atoms with Gasteiger partial charge in [-0.25, -0.2) is 4.79 Å². The molecule has 0 bridgehead atoms. The molecule has 0 fully saturated rings. The molecule has 0 atom stereocenters. The molecule has 0 aromatic heterocycles. The van der Waals surface area contributed by atoms with E-state index >= 15 is 0 Å². The number of carbonyl (C=O) groups is 2. The number of phenolic OH excluding ortho intramolecular Hbond substituents is 2. The van der Waals surface area contributed by atoms with Crippen molar-refractivity contribution in [2.45, 2.75) is 20.8 Å². The molecular weight excluding hydrogens is 264 g/mol. The Labute approximate surface area is 116 Å². The lowest BCUT2D eigenvalue weighted by atomic mass is 9.99. The summed E-state index contributed by atoms with van der Waals surface area (Å²) in [6.07, 6.45) is 0. The van der Waals surface area contributed by atoms with E-state index in [9.17, 15) is 19.8 Å². The van der Waals surface area contributed by atoms with Crippen molar-refractivity contribution in [3.05, 3.63) is 17.7 Å². The Hall–Kier alpha value is -2.24. The number of aromatic hydroxyl groups is 2. The van der Waals surface area contributed by atoms with Gasteiger partial charge in [0.2, 0.25) is 0 Å². The number of hydrogen-bond acceptors (Lipinski definition) is 6. The summed E-state index contributed by atoms with van der Waals surface area (Å²) < 4.78 is 9.87. The Morgan fingerprint density at radius 1 is 1.25 bits per heavy atom. The van der Waals surface area contributed by atoms with Gasteiger partial charge < -0.3 is 19.7 Å². The molecule has 0 aliphatic carbocycles. The molecule has 0 aliphatic rings. The summed E-state index contributed by atoms with van der Waals surface area (Å²) in [5.74, 6) is -2.01. The van der Waals surface area contributed by atoms with Gasteiger partial charge in [-0.05, 0) is 6.92 Å². The van der Waals surface area contributed by atoms with Crippen LogP contribution >= 0.6 is 0 Å². The van der Waals surface area contributed by atoms with Crippen molar-refractivity contribution in [2.24, 2.45) is 5.92 Å². The lowest BCUT2D eigenvalue weighted by molar-refractivity contribution is -0.145. The lowest BCUT2D eigenvalue weighted by Crippen LogP contribution is -2.17. The predicted molar refractivity (Wildman–Crippen MR) is 71.1 cm³/mol. The number of esters is 1. The molecule has 0 saturated heterocycles. The van der Waals surface area contributed by atoms with Crippen LogP contribution in [-0.2, 0) is 9.53 Å². The summed E-state index contributed by atoms with van der Waals surface area (Å²) in [5.41, 5.74) is -0.0536. The SMILES string of the molecule is CCOC(=O)COc1cc(O)cc(O)c1C(=O)C(C)C. The molecule has 1 aromatic carbocycles. The van der Waals surface area contributed by atoms with Crippen LogP contribution in [0.1, 0.15) is 31.1 Å². The highest BCUT2D eigenvalue weighted by atomic mass is 16.6. The fourth-order valence-corrected chi connectivity index (χ4v) is 1.58. The van der Waals surface area contributed by atoms with Crippen molar-refractivity contribution in [1.29, 1.82) is 0 Å². The van der Waals surface area contributed by atoms with Crippen molar-refractivity contribution < 1.29 is 29.3 Å². The average molecular weight is 282 g/mol.